The number of rotatable bonds is 5. The van der Waals surface area contributed by atoms with Crippen molar-refractivity contribution in [2.24, 2.45) is 5.92 Å². The standard InChI is InChI=1S/C13H17ClFN3/c1-4-10(5-8(2)3)17-13-11(15)6-9(7-16)12(14)18-13/h6,8,10H,4-5H2,1-3H3,(H,17,18)/t10-/m0/s1. The predicted octanol–water partition coefficient (Wildman–Crippen LogP) is 3.98. The Balaban J connectivity index is 2.90. The van der Waals surface area contributed by atoms with Crippen molar-refractivity contribution in [1.29, 1.82) is 5.26 Å². The maximum absolute atomic E-state index is 13.7. The Morgan fingerprint density at radius 3 is 2.72 bits per heavy atom. The zero-order valence-electron chi connectivity index (χ0n) is 10.8. The van der Waals surface area contributed by atoms with Crippen molar-refractivity contribution in [3.05, 3.63) is 22.6 Å². The van der Waals surface area contributed by atoms with Gasteiger partial charge in [-0.2, -0.15) is 5.26 Å². The summed E-state index contributed by atoms with van der Waals surface area (Å²) in [6.07, 6.45) is 1.80. The van der Waals surface area contributed by atoms with Crippen LogP contribution in [0, 0.1) is 23.1 Å². The lowest BCUT2D eigenvalue weighted by molar-refractivity contribution is 0.503. The van der Waals surface area contributed by atoms with E-state index in [4.69, 9.17) is 16.9 Å². The summed E-state index contributed by atoms with van der Waals surface area (Å²) in [7, 11) is 0. The highest BCUT2D eigenvalue weighted by molar-refractivity contribution is 6.30. The van der Waals surface area contributed by atoms with Crippen molar-refractivity contribution in [3.8, 4) is 6.07 Å². The highest BCUT2D eigenvalue weighted by atomic mass is 35.5. The number of aromatic nitrogens is 1. The third-order valence-electron chi connectivity index (χ3n) is 2.64. The molecule has 18 heavy (non-hydrogen) atoms. The molecule has 0 radical (unpaired) electrons. The largest absolute Gasteiger partial charge is 0.365 e. The van der Waals surface area contributed by atoms with Crippen molar-refractivity contribution in [2.45, 2.75) is 39.7 Å². The van der Waals surface area contributed by atoms with Crippen LogP contribution in [0.1, 0.15) is 39.2 Å². The van der Waals surface area contributed by atoms with E-state index in [0.29, 0.717) is 5.92 Å². The number of hydrogen-bond donors (Lipinski definition) is 1. The minimum Gasteiger partial charge on any atom is -0.365 e. The van der Waals surface area contributed by atoms with Crippen molar-refractivity contribution in [3.63, 3.8) is 0 Å². The van der Waals surface area contributed by atoms with Gasteiger partial charge in [0.2, 0.25) is 0 Å². The average molecular weight is 270 g/mol. The minimum absolute atomic E-state index is 0.0285. The monoisotopic (exact) mass is 269 g/mol. The zero-order chi connectivity index (χ0) is 13.7. The van der Waals surface area contributed by atoms with Crippen molar-refractivity contribution < 1.29 is 4.39 Å². The third-order valence-corrected chi connectivity index (χ3v) is 2.93. The molecule has 0 spiro atoms. The number of nitriles is 1. The summed E-state index contributed by atoms with van der Waals surface area (Å²) >= 11 is 5.79. The van der Waals surface area contributed by atoms with Crippen LogP contribution in [0.3, 0.4) is 0 Å². The lowest BCUT2D eigenvalue weighted by atomic mass is 10.0. The lowest BCUT2D eigenvalue weighted by Gasteiger charge is -2.20. The molecule has 1 heterocycles. The summed E-state index contributed by atoms with van der Waals surface area (Å²) in [5.74, 6) is 0.0871. The van der Waals surface area contributed by atoms with Gasteiger partial charge in [-0.15, -0.1) is 0 Å². The molecule has 0 bridgehead atoms. The highest BCUT2D eigenvalue weighted by Crippen LogP contribution is 2.22. The Hall–Kier alpha value is -1.34. The van der Waals surface area contributed by atoms with Crippen LogP contribution < -0.4 is 5.32 Å². The smallest absolute Gasteiger partial charge is 0.166 e. The van der Waals surface area contributed by atoms with Gasteiger partial charge in [0.15, 0.2) is 11.6 Å². The fraction of sp³-hybridized carbons (Fsp3) is 0.538. The van der Waals surface area contributed by atoms with Crippen LogP contribution in [0.5, 0.6) is 0 Å². The predicted molar refractivity (Wildman–Crippen MR) is 71.1 cm³/mol. The van der Waals surface area contributed by atoms with Crippen LogP contribution in [0.2, 0.25) is 5.15 Å². The summed E-state index contributed by atoms with van der Waals surface area (Å²) in [5, 5.41) is 11.8. The summed E-state index contributed by atoms with van der Waals surface area (Å²) in [5.41, 5.74) is 0.0524. The molecule has 0 amide bonds. The number of nitrogens with zero attached hydrogens (tertiary/aromatic N) is 2. The molecule has 3 nitrogen and oxygen atoms in total. The second-order valence-corrected chi connectivity index (χ2v) is 5.01. The maximum atomic E-state index is 13.7. The van der Waals surface area contributed by atoms with E-state index < -0.39 is 5.82 Å². The molecule has 0 aliphatic rings. The van der Waals surface area contributed by atoms with E-state index in [9.17, 15) is 4.39 Å². The number of anilines is 1. The van der Waals surface area contributed by atoms with E-state index in [1.165, 1.54) is 0 Å². The molecule has 1 N–H and O–H groups in total. The van der Waals surface area contributed by atoms with Gasteiger partial charge in [0.25, 0.3) is 0 Å². The van der Waals surface area contributed by atoms with Gasteiger partial charge in [0, 0.05) is 6.04 Å². The van der Waals surface area contributed by atoms with Crippen molar-refractivity contribution >= 4 is 17.4 Å². The first kappa shape index (κ1) is 14.7. The summed E-state index contributed by atoms with van der Waals surface area (Å²) in [6, 6.07) is 3.06. The number of pyridine rings is 1. The average Bonchev–Trinajstić information content (AvgIpc) is 2.31. The molecule has 0 aromatic carbocycles. The molecule has 0 aliphatic carbocycles. The molecule has 98 valence electrons. The Bertz CT molecular complexity index is 454. The van der Waals surface area contributed by atoms with Crippen molar-refractivity contribution in [2.75, 3.05) is 5.32 Å². The summed E-state index contributed by atoms with van der Waals surface area (Å²) in [4.78, 5) is 3.90. The van der Waals surface area contributed by atoms with Crippen LogP contribution in [-0.2, 0) is 0 Å². The van der Waals surface area contributed by atoms with E-state index >= 15 is 0 Å². The Labute approximate surface area is 112 Å². The van der Waals surface area contributed by atoms with Crippen LogP contribution >= 0.6 is 11.6 Å². The number of hydrogen-bond acceptors (Lipinski definition) is 3. The van der Waals surface area contributed by atoms with Gasteiger partial charge in [-0.3, -0.25) is 0 Å². The summed E-state index contributed by atoms with van der Waals surface area (Å²) in [6.45, 7) is 6.25. The SMILES string of the molecule is CC[C@@H](CC(C)C)Nc1nc(Cl)c(C#N)cc1F. The number of halogens is 2. The minimum atomic E-state index is -0.543. The first-order valence-corrected chi connectivity index (χ1v) is 6.38. The summed E-state index contributed by atoms with van der Waals surface area (Å²) < 4.78 is 13.7. The van der Waals surface area contributed by atoms with Crippen LogP contribution in [0.4, 0.5) is 10.2 Å². The first-order valence-electron chi connectivity index (χ1n) is 6.00. The quantitative estimate of drug-likeness (QED) is 0.823. The fourth-order valence-electron chi connectivity index (χ4n) is 1.74. The maximum Gasteiger partial charge on any atom is 0.166 e. The van der Waals surface area contributed by atoms with Crippen LogP contribution in [0.15, 0.2) is 6.07 Å². The molecular formula is C13H17ClFN3. The lowest BCUT2D eigenvalue weighted by Crippen LogP contribution is -2.22. The van der Waals surface area contributed by atoms with E-state index in [2.05, 4.69) is 24.1 Å². The molecule has 1 aromatic rings. The first-order chi connectivity index (χ1) is 8.47. The zero-order valence-corrected chi connectivity index (χ0v) is 11.6. The second kappa shape index (κ2) is 6.55. The molecule has 1 rings (SSSR count). The van der Waals surface area contributed by atoms with Crippen LogP contribution in [0.25, 0.3) is 0 Å². The Kier molecular flexibility index (Phi) is 5.36. The normalized spacial score (nSPS) is 12.3. The second-order valence-electron chi connectivity index (χ2n) is 4.65. The fourth-order valence-corrected chi connectivity index (χ4v) is 1.92. The van der Waals surface area contributed by atoms with E-state index in [1.807, 2.05) is 6.92 Å². The van der Waals surface area contributed by atoms with Gasteiger partial charge < -0.3 is 5.32 Å². The van der Waals surface area contributed by atoms with E-state index in [-0.39, 0.29) is 22.6 Å². The molecule has 5 heteroatoms. The molecule has 0 unspecified atom stereocenters. The van der Waals surface area contributed by atoms with Gasteiger partial charge >= 0.3 is 0 Å². The molecular weight excluding hydrogens is 253 g/mol. The van der Waals surface area contributed by atoms with Crippen molar-refractivity contribution in [1.82, 2.24) is 4.98 Å². The highest BCUT2D eigenvalue weighted by Gasteiger charge is 2.14. The number of nitrogens with one attached hydrogen (secondary N) is 1. The Morgan fingerprint density at radius 2 is 2.22 bits per heavy atom. The topological polar surface area (TPSA) is 48.7 Å². The molecule has 0 aliphatic heterocycles. The van der Waals surface area contributed by atoms with Gasteiger partial charge in [-0.25, -0.2) is 9.37 Å². The Morgan fingerprint density at radius 1 is 1.56 bits per heavy atom. The molecule has 0 saturated heterocycles. The molecule has 0 saturated carbocycles. The molecule has 1 aromatic heterocycles. The molecule has 1 atom stereocenters. The van der Waals surface area contributed by atoms with Gasteiger partial charge in [-0.1, -0.05) is 32.4 Å². The van der Waals surface area contributed by atoms with Gasteiger partial charge in [0.05, 0.1) is 5.56 Å². The molecule has 0 fully saturated rings. The van der Waals surface area contributed by atoms with Crippen LogP contribution in [-0.4, -0.2) is 11.0 Å². The van der Waals surface area contributed by atoms with Gasteiger partial charge in [0.1, 0.15) is 11.2 Å². The van der Waals surface area contributed by atoms with E-state index in [0.717, 1.165) is 18.9 Å². The van der Waals surface area contributed by atoms with Gasteiger partial charge in [-0.05, 0) is 24.8 Å². The van der Waals surface area contributed by atoms with E-state index in [1.54, 1.807) is 6.07 Å². The third kappa shape index (κ3) is 3.85.